The van der Waals surface area contributed by atoms with Crippen LogP contribution in [0.25, 0.3) is 22.4 Å². The van der Waals surface area contributed by atoms with Crippen LogP contribution in [-0.4, -0.2) is 58.6 Å². The number of aromatic amines is 1. The van der Waals surface area contributed by atoms with Crippen LogP contribution in [0, 0.1) is 18.7 Å². The molecule has 35 heavy (non-hydrogen) atoms. The zero-order valence-corrected chi connectivity index (χ0v) is 19.9. The third-order valence-corrected chi connectivity index (χ3v) is 6.74. The molecule has 2 aromatic heterocycles. The molecule has 0 saturated heterocycles. The number of H-pyrrole nitrogens is 1. The molecule has 0 unspecified atom stereocenters. The van der Waals surface area contributed by atoms with E-state index in [1.165, 1.54) is 18.2 Å². The SMILES string of the molecule is Cc1[nH]nc2nc(-c3ccc(NS(=O)(=O)c4cc(Cl)ccc4F)cc3)nc(OCC(CO)CO)c12. The van der Waals surface area contributed by atoms with Gasteiger partial charge in [0.1, 0.15) is 16.1 Å². The third kappa shape index (κ3) is 5.35. The van der Waals surface area contributed by atoms with Gasteiger partial charge in [-0.25, -0.2) is 17.8 Å². The number of aliphatic hydroxyl groups is 2. The van der Waals surface area contributed by atoms with Crippen LogP contribution in [0.15, 0.2) is 47.4 Å². The van der Waals surface area contributed by atoms with Crippen molar-refractivity contribution < 1.29 is 27.8 Å². The number of halogens is 2. The van der Waals surface area contributed by atoms with Gasteiger partial charge in [-0.2, -0.15) is 10.1 Å². The highest BCUT2D eigenvalue weighted by molar-refractivity contribution is 7.92. The number of rotatable bonds is 9. The van der Waals surface area contributed by atoms with Crippen LogP contribution >= 0.6 is 11.6 Å². The lowest BCUT2D eigenvalue weighted by Gasteiger charge is -2.13. The predicted octanol–water partition coefficient (Wildman–Crippen LogP) is 2.90. The van der Waals surface area contributed by atoms with E-state index in [2.05, 4.69) is 24.9 Å². The van der Waals surface area contributed by atoms with Gasteiger partial charge in [-0.15, -0.1) is 0 Å². The van der Waals surface area contributed by atoms with Gasteiger partial charge in [0.15, 0.2) is 11.5 Å². The molecule has 4 aromatic rings. The van der Waals surface area contributed by atoms with E-state index in [-0.39, 0.29) is 42.2 Å². The molecule has 0 saturated carbocycles. The molecule has 0 fully saturated rings. The number of sulfonamides is 1. The maximum atomic E-state index is 14.0. The zero-order chi connectivity index (χ0) is 25.2. The summed E-state index contributed by atoms with van der Waals surface area (Å²) in [5.41, 5.74) is 1.77. The van der Waals surface area contributed by atoms with E-state index in [9.17, 15) is 23.0 Å². The minimum Gasteiger partial charge on any atom is -0.477 e. The fourth-order valence-corrected chi connectivity index (χ4v) is 4.60. The standard InChI is InChI=1S/C22H21ClFN5O5S/c1-12-19-21(28-27-12)25-20(26-22(19)34-11-13(9-30)10-31)14-2-5-16(6-3-14)29-35(32,33)18-8-15(23)4-7-17(18)24/h2-8,13,29-31H,9-11H2,1H3,(H,25,26,27,28). The summed E-state index contributed by atoms with van der Waals surface area (Å²) in [6, 6.07) is 9.39. The van der Waals surface area contributed by atoms with E-state index >= 15 is 0 Å². The average Bonchev–Trinajstić information content (AvgIpc) is 3.22. The Hall–Kier alpha value is -3.32. The predicted molar refractivity (Wildman–Crippen MR) is 127 cm³/mol. The number of nitrogens with zero attached hydrogens (tertiary/aromatic N) is 3. The first-order valence-electron chi connectivity index (χ1n) is 10.4. The molecule has 4 N–H and O–H groups in total. The van der Waals surface area contributed by atoms with E-state index in [1.807, 2.05) is 0 Å². The highest BCUT2D eigenvalue weighted by Crippen LogP contribution is 2.29. The summed E-state index contributed by atoms with van der Waals surface area (Å²) >= 11 is 5.81. The number of fused-ring (bicyclic) bond motifs is 1. The van der Waals surface area contributed by atoms with Gasteiger partial charge in [0.25, 0.3) is 10.0 Å². The van der Waals surface area contributed by atoms with E-state index in [0.717, 1.165) is 12.1 Å². The van der Waals surface area contributed by atoms with Crippen LogP contribution in [0.4, 0.5) is 10.1 Å². The molecule has 0 atom stereocenters. The van der Waals surface area contributed by atoms with Crippen molar-refractivity contribution in [3.8, 4) is 17.3 Å². The number of hydrogen-bond donors (Lipinski definition) is 4. The van der Waals surface area contributed by atoms with Gasteiger partial charge in [0, 0.05) is 27.9 Å². The zero-order valence-electron chi connectivity index (χ0n) is 18.4. The summed E-state index contributed by atoms with van der Waals surface area (Å²) in [7, 11) is -4.21. The van der Waals surface area contributed by atoms with Gasteiger partial charge >= 0.3 is 0 Å². The largest absolute Gasteiger partial charge is 0.477 e. The van der Waals surface area contributed by atoms with Gasteiger partial charge in [-0.05, 0) is 49.4 Å². The second-order valence-electron chi connectivity index (χ2n) is 7.70. The van der Waals surface area contributed by atoms with Crippen LogP contribution in [0.5, 0.6) is 5.88 Å². The first-order chi connectivity index (χ1) is 16.7. The number of hydrogen-bond acceptors (Lipinski definition) is 8. The molecule has 13 heteroatoms. The monoisotopic (exact) mass is 521 g/mol. The third-order valence-electron chi connectivity index (χ3n) is 5.11. The summed E-state index contributed by atoms with van der Waals surface area (Å²) in [5.74, 6) is -0.915. The number of benzene rings is 2. The molecule has 4 rings (SSSR count). The van der Waals surface area contributed by atoms with Crippen molar-refractivity contribution in [1.82, 2.24) is 20.2 Å². The van der Waals surface area contributed by atoms with Crippen LogP contribution < -0.4 is 9.46 Å². The van der Waals surface area contributed by atoms with Crippen LogP contribution in [-0.2, 0) is 10.0 Å². The summed E-state index contributed by atoms with van der Waals surface area (Å²) in [5, 5.41) is 26.2. The van der Waals surface area contributed by atoms with Crippen LogP contribution in [0.1, 0.15) is 5.69 Å². The Kier molecular flexibility index (Phi) is 7.17. The molecule has 2 heterocycles. The van der Waals surface area contributed by atoms with Gasteiger partial charge in [-0.3, -0.25) is 9.82 Å². The molecule has 0 spiro atoms. The fraction of sp³-hybridized carbons (Fsp3) is 0.227. The molecule has 0 radical (unpaired) electrons. The highest BCUT2D eigenvalue weighted by atomic mass is 35.5. The Morgan fingerprint density at radius 3 is 2.54 bits per heavy atom. The van der Waals surface area contributed by atoms with Crippen LogP contribution in [0.2, 0.25) is 5.02 Å². The van der Waals surface area contributed by atoms with Crippen molar-refractivity contribution >= 4 is 38.3 Å². The van der Waals surface area contributed by atoms with Crippen molar-refractivity contribution in [2.75, 3.05) is 24.5 Å². The lowest BCUT2D eigenvalue weighted by molar-refractivity contribution is 0.105. The van der Waals surface area contributed by atoms with E-state index in [4.69, 9.17) is 16.3 Å². The van der Waals surface area contributed by atoms with Gasteiger partial charge < -0.3 is 14.9 Å². The van der Waals surface area contributed by atoms with Crippen molar-refractivity contribution in [3.63, 3.8) is 0 Å². The first-order valence-corrected chi connectivity index (χ1v) is 12.2. The Labute approximate surface area is 204 Å². The van der Waals surface area contributed by atoms with Gasteiger partial charge in [-0.1, -0.05) is 11.6 Å². The summed E-state index contributed by atoms with van der Waals surface area (Å²) in [6.45, 7) is 1.31. The van der Waals surface area contributed by atoms with Crippen molar-refractivity contribution in [2.45, 2.75) is 11.8 Å². The Morgan fingerprint density at radius 1 is 1.14 bits per heavy atom. The second-order valence-corrected chi connectivity index (χ2v) is 9.79. The Bertz CT molecular complexity index is 1460. The quantitative estimate of drug-likeness (QED) is 0.262. The topological polar surface area (TPSA) is 150 Å². The number of aryl methyl sites for hydroxylation is 1. The van der Waals surface area contributed by atoms with Crippen molar-refractivity contribution in [2.24, 2.45) is 5.92 Å². The van der Waals surface area contributed by atoms with E-state index in [0.29, 0.717) is 22.3 Å². The summed E-state index contributed by atoms with van der Waals surface area (Å²) in [4.78, 5) is 8.32. The minimum atomic E-state index is -4.21. The molecule has 0 aliphatic carbocycles. The summed E-state index contributed by atoms with van der Waals surface area (Å²) in [6.07, 6.45) is 0. The van der Waals surface area contributed by atoms with E-state index in [1.54, 1.807) is 19.1 Å². The summed E-state index contributed by atoms with van der Waals surface area (Å²) < 4.78 is 47.3. The first kappa shape index (κ1) is 24.8. The smallest absolute Gasteiger partial charge is 0.264 e. The Balaban J connectivity index is 1.62. The van der Waals surface area contributed by atoms with E-state index < -0.39 is 26.7 Å². The molecular formula is C22H21ClFN5O5S. The van der Waals surface area contributed by atoms with Crippen LogP contribution in [0.3, 0.4) is 0 Å². The molecular weight excluding hydrogens is 501 g/mol. The molecule has 0 aliphatic rings. The fourth-order valence-electron chi connectivity index (χ4n) is 3.20. The molecule has 184 valence electrons. The number of nitrogens with one attached hydrogen (secondary N) is 2. The number of aliphatic hydroxyl groups excluding tert-OH is 2. The average molecular weight is 522 g/mol. The molecule has 0 bridgehead atoms. The molecule has 10 nitrogen and oxygen atoms in total. The number of ether oxygens (including phenoxy) is 1. The number of anilines is 1. The van der Waals surface area contributed by atoms with Gasteiger partial charge in [0.05, 0.1) is 19.8 Å². The normalized spacial score (nSPS) is 11.8. The maximum Gasteiger partial charge on any atom is 0.264 e. The Morgan fingerprint density at radius 2 is 1.86 bits per heavy atom. The lowest BCUT2D eigenvalue weighted by atomic mass is 10.2. The molecule has 0 amide bonds. The minimum absolute atomic E-state index is 0.0317. The molecule has 2 aromatic carbocycles. The van der Waals surface area contributed by atoms with Gasteiger partial charge in [0.2, 0.25) is 5.88 Å². The lowest BCUT2D eigenvalue weighted by Crippen LogP contribution is -2.20. The van der Waals surface area contributed by atoms with Crippen molar-refractivity contribution in [3.05, 3.63) is 59.0 Å². The highest BCUT2D eigenvalue weighted by Gasteiger charge is 2.21. The number of aromatic nitrogens is 4. The molecule has 0 aliphatic heterocycles. The second kappa shape index (κ2) is 10.1. The maximum absolute atomic E-state index is 14.0. The van der Waals surface area contributed by atoms with Crippen molar-refractivity contribution in [1.29, 1.82) is 0 Å².